The van der Waals surface area contributed by atoms with Gasteiger partial charge in [-0.1, -0.05) is 63.9 Å². The molecule has 1 aromatic rings. The Morgan fingerprint density at radius 2 is 1.82 bits per heavy atom. The van der Waals surface area contributed by atoms with Crippen molar-refractivity contribution in [3.05, 3.63) is 42.0 Å². The molecule has 1 aromatic carbocycles. The SMILES string of the molecule is C=Cc1ccc(COCC(C)(C)[SiH](C)C)cc1. The average Bonchev–Trinajstić information content (AvgIpc) is 2.29. The van der Waals surface area contributed by atoms with Crippen LogP contribution in [0.1, 0.15) is 25.0 Å². The lowest BCUT2D eigenvalue weighted by Crippen LogP contribution is -2.26. The number of hydrogen-bond acceptors (Lipinski definition) is 1. The Morgan fingerprint density at radius 3 is 2.29 bits per heavy atom. The molecule has 1 rings (SSSR count). The maximum atomic E-state index is 5.83. The maximum Gasteiger partial charge on any atom is 0.0716 e. The third kappa shape index (κ3) is 4.48. The summed E-state index contributed by atoms with van der Waals surface area (Å²) >= 11 is 0. The molecule has 0 heterocycles. The molecule has 0 radical (unpaired) electrons. The second-order valence-corrected chi connectivity index (χ2v) is 9.45. The molecular weight excluding hydrogens is 224 g/mol. The summed E-state index contributed by atoms with van der Waals surface area (Å²) in [6, 6.07) is 8.37. The normalized spacial score (nSPS) is 11.8. The van der Waals surface area contributed by atoms with Crippen LogP contribution in [0.2, 0.25) is 18.1 Å². The first-order valence-electron chi connectivity index (χ1n) is 6.25. The quantitative estimate of drug-likeness (QED) is 0.688. The van der Waals surface area contributed by atoms with E-state index >= 15 is 0 Å². The fourth-order valence-corrected chi connectivity index (χ4v) is 1.80. The lowest BCUT2D eigenvalue weighted by Gasteiger charge is -2.27. The Kier molecular flexibility index (Phi) is 5.16. The minimum atomic E-state index is -0.657. The number of ether oxygens (including phenoxy) is 1. The van der Waals surface area contributed by atoms with Gasteiger partial charge in [0.15, 0.2) is 0 Å². The molecule has 0 spiro atoms. The largest absolute Gasteiger partial charge is 0.377 e. The van der Waals surface area contributed by atoms with E-state index in [1.165, 1.54) is 5.56 Å². The van der Waals surface area contributed by atoms with Gasteiger partial charge in [0.25, 0.3) is 0 Å². The van der Waals surface area contributed by atoms with Crippen molar-refractivity contribution in [1.29, 1.82) is 0 Å². The minimum absolute atomic E-state index is 0.376. The van der Waals surface area contributed by atoms with Crippen LogP contribution in [0.4, 0.5) is 0 Å². The van der Waals surface area contributed by atoms with E-state index in [0.717, 1.165) is 12.2 Å². The van der Waals surface area contributed by atoms with Crippen LogP contribution < -0.4 is 0 Å². The second kappa shape index (κ2) is 6.17. The van der Waals surface area contributed by atoms with Crippen LogP contribution in [0.3, 0.4) is 0 Å². The minimum Gasteiger partial charge on any atom is -0.377 e. The Labute approximate surface area is 107 Å². The zero-order valence-electron chi connectivity index (χ0n) is 11.5. The van der Waals surface area contributed by atoms with Crippen molar-refractivity contribution >= 4 is 14.9 Å². The maximum absolute atomic E-state index is 5.83. The lowest BCUT2D eigenvalue weighted by atomic mass is 10.1. The van der Waals surface area contributed by atoms with E-state index in [2.05, 4.69) is 57.8 Å². The van der Waals surface area contributed by atoms with Gasteiger partial charge in [0.1, 0.15) is 0 Å². The van der Waals surface area contributed by atoms with Crippen LogP contribution in [0, 0.1) is 0 Å². The Bertz CT molecular complexity index is 352. The van der Waals surface area contributed by atoms with E-state index in [4.69, 9.17) is 4.74 Å². The third-order valence-corrected chi connectivity index (χ3v) is 6.81. The zero-order chi connectivity index (χ0) is 12.9. The molecule has 1 nitrogen and oxygen atoms in total. The summed E-state index contributed by atoms with van der Waals surface area (Å²) in [6.07, 6.45) is 1.86. The highest BCUT2D eigenvalue weighted by Crippen LogP contribution is 2.28. The van der Waals surface area contributed by atoms with Gasteiger partial charge in [-0.25, -0.2) is 0 Å². The molecular formula is C15H24OSi. The van der Waals surface area contributed by atoms with Crippen molar-refractivity contribution in [2.45, 2.75) is 38.6 Å². The van der Waals surface area contributed by atoms with E-state index in [9.17, 15) is 0 Å². The first-order chi connectivity index (χ1) is 7.95. The molecule has 0 aliphatic heterocycles. The molecule has 0 bridgehead atoms. The standard InChI is InChI=1S/C15H24OSi/c1-6-13-7-9-14(10-8-13)11-16-12-15(2,3)17(4)5/h6-10,17H,1,11-12H2,2-5H3. The number of benzene rings is 1. The van der Waals surface area contributed by atoms with E-state index in [-0.39, 0.29) is 0 Å². The predicted octanol–water partition coefficient (Wildman–Crippen LogP) is 4.11. The van der Waals surface area contributed by atoms with E-state index < -0.39 is 8.80 Å². The number of rotatable bonds is 6. The molecule has 0 aliphatic carbocycles. The van der Waals surface area contributed by atoms with Crippen molar-refractivity contribution in [3.63, 3.8) is 0 Å². The highest BCUT2D eigenvalue weighted by atomic mass is 28.3. The average molecular weight is 248 g/mol. The topological polar surface area (TPSA) is 9.23 Å². The van der Waals surface area contributed by atoms with Gasteiger partial charge in [-0.2, -0.15) is 0 Å². The van der Waals surface area contributed by atoms with Gasteiger partial charge in [-0.05, 0) is 16.2 Å². The van der Waals surface area contributed by atoms with Crippen molar-refractivity contribution in [2.75, 3.05) is 6.61 Å². The van der Waals surface area contributed by atoms with Gasteiger partial charge >= 0.3 is 0 Å². The second-order valence-electron chi connectivity index (χ2n) is 5.58. The zero-order valence-corrected chi connectivity index (χ0v) is 12.6. The summed E-state index contributed by atoms with van der Waals surface area (Å²) in [5, 5.41) is 0.376. The van der Waals surface area contributed by atoms with Gasteiger partial charge in [-0.15, -0.1) is 0 Å². The Hall–Kier alpha value is -0.863. The molecule has 0 unspecified atom stereocenters. The van der Waals surface area contributed by atoms with Crippen molar-refractivity contribution < 1.29 is 4.74 Å². The lowest BCUT2D eigenvalue weighted by molar-refractivity contribution is 0.101. The molecule has 0 saturated carbocycles. The van der Waals surface area contributed by atoms with Crippen LogP contribution in [-0.4, -0.2) is 15.4 Å². The molecule has 0 amide bonds. The molecule has 0 fully saturated rings. The molecule has 94 valence electrons. The summed E-state index contributed by atoms with van der Waals surface area (Å²) < 4.78 is 5.83. The molecule has 2 heteroatoms. The van der Waals surface area contributed by atoms with Gasteiger partial charge < -0.3 is 4.74 Å². The Morgan fingerprint density at radius 1 is 1.24 bits per heavy atom. The van der Waals surface area contributed by atoms with Gasteiger partial charge in [0.2, 0.25) is 0 Å². The molecule has 0 atom stereocenters. The van der Waals surface area contributed by atoms with Crippen LogP contribution in [-0.2, 0) is 11.3 Å². The summed E-state index contributed by atoms with van der Waals surface area (Å²) in [6.45, 7) is 14.7. The van der Waals surface area contributed by atoms with E-state index in [0.29, 0.717) is 11.6 Å². The van der Waals surface area contributed by atoms with Crippen LogP contribution in [0.15, 0.2) is 30.8 Å². The highest BCUT2D eigenvalue weighted by Gasteiger charge is 2.23. The molecule has 0 aliphatic rings. The third-order valence-electron chi connectivity index (χ3n) is 3.52. The fourth-order valence-electron chi connectivity index (χ4n) is 1.35. The van der Waals surface area contributed by atoms with E-state index in [1.807, 2.05) is 6.08 Å². The van der Waals surface area contributed by atoms with Crippen LogP contribution in [0.5, 0.6) is 0 Å². The van der Waals surface area contributed by atoms with Crippen molar-refractivity contribution in [2.24, 2.45) is 0 Å². The fraction of sp³-hybridized carbons (Fsp3) is 0.467. The Balaban J connectivity index is 2.43. The summed E-state index contributed by atoms with van der Waals surface area (Å²) in [5.74, 6) is 0. The predicted molar refractivity (Wildman–Crippen MR) is 79.1 cm³/mol. The molecule has 17 heavy (non-hydrogen) atoms. The number of hydrogen-bond donors (Lipinski definition) is 0. The first kappa shape index (κ1) is 14.2. The van der Waals surface area contributed by atoms with E-state index in [1.54, 1.807) is 0 Å². The smallest absolute Gasteiger partial charge is 0.0716 e. The van der Waals surface area contributed by atoms with Crippen molar-refractivity contribution in [1.82, 2.24) is 0 Å². The van der Waals surface area contributed by atoms with Gasteiger partial charge in [0.05, 0.1) is 6.61 Å². The van der Waals surface area contributed by atoms with Gasteiger partial charge in [-0.3, -0.25) is 0 Å². The summed E-state index contributed by atoms with van der Waals surface area (Å²) in [4.78, 5) is 0. The van der Waals surface area contributed by atoms with Crippen molar-refractivity contribution in [3.8, 4) is 0 Å². The monoisotopic (exact) mass is 248 g/mol. The summed E-state index contributed by atoms with van der Waals surface area (Å²) in [5.41, 5.74) is 2.39. The highest BCUT2D eigenvalue weighted by molar-refractivity contribution is 6.59. The van der Waals surface area contributed by atoms with Crippen LogP contribution >= 0.6 is 0 Å². The first-order valence-corrected chi connectivity index (χ1v) is 9.13. The molecule has 0 saturated heterocycles. The van der Waals surface area contributed by atoms with Crippen LogP contribution in [0.25, 0.3) is 6.08 Å². The molecule has 0 N–H and O–H groups in total. The van der Waals surface area contributed by atoms with Gasteiger partial charge in [0, 0.05) is 15.4 Å². The summed E-state index contributed by atoms with van der Waals surface area (Å²) in [7, 11) is -0.657. The molecule has 0 aromatic heterocycles.